The number of amides is 1. The number of rotatable bonds is 4. The Morgan fingerprint density at radius 1 is 1.26 bits per heavy atom. The molecule has 1 aromatic carbocycles. The minimum Gasteiger partial charge on any atom is -0.337 e. The molecular weight excluding hydrogens is 412 g/mol. The van der Waals surface area contributed by atoms with Crippen LogP contribution in [0.25, 0.3) is 11.2 Å². The van der Waals surface area contributed by atoms with Crippen molar-refractivity contribution in [1.29, 1.82) is 0 Å². The predicted octanol–water partition coefficient (Wildman–Crippen LogP) is 2.95. The van der Waals surface area contributed by atoms with Crippen LogP contribution >= 0.6 is 11.3 Å². The highest BCUT2D eigenvalue weighted by Crippen LogP contribution is 2.26. The normalized spacial score (nSPS) is 16.7. The lowest BCUT2D eigenvalue weighted by molar-refractivity contribution is 0.0709. The molecule has 5 rings (SSSR count). The number of carbonyl (C=O) groups excluding carboxylic acids is 1. The molecule has 1 fully saturated rings. The smallest absolute Gasteiger partial charge is 0.281 e. The number of nitrogens with one attached hydrogen (secondary N) is 1. The van der Waals surface area contributed by atoms with E-state index in [4.69, 9.17) is 4.98 Å². The van der Waals surface area contributed by atoms with Crippen LogP contribution in [0.15, 0.2) is 46.6 Å². The second kappa shape index (κ2) is 8.07. The number of benzene rings is 1. The molecule has 1 saturated heterocycles. The van der Waals surface area contributed by atoms with Gasteiger partial charge in [0.1, 0.15) is 5.82 Å². The second-order valence-corrected chi connectivity index (χ2v) is 8.87. The van der Waals surface area contributed by atoms with Gasteiger partial charge in [-0.05, 0) is 36.8 Å². The topological polar surface area (TPSA) is 96.8 Å². The lowest BCUT2D eigenvalue weighted by atomic mass is 9.97. The predicted molar refractivity (Wildman–Crippen MR) is 118 cm³/mol. The van der Waals surface area contributed by atoms with E-state index in [1.165, 1.54) is 16.9 Å². The molecule has 1 aliphatic heterocycles. The molecule has 31 heavy (non-hydrogen) atoms. The lowest BCUT2D eigenvalue weighted by Gasteiger charge is -2.31. The Morgan fingerprint density at radius 3 is 2.87 bits per heavy atom. The van der Waals surface area contributed by atoms with Gasteiger partial charge in [-0.15, -0.1) is 16.4 Å². The first-order chi connectivity index (χ1) is 15.1. The highest BCUT2D eigenvalue weighted by Gasteiger charge is 2.28. The fourth-order valence-corrected chi connectivity index (χ4v) is 4.68. The molecule has 1 aliphatic rings. The van der Waals surface area contributed by atoms with E-state index in [1.54, 1.807) is 4.68 Å². The van der Waals surface area contributed by atoms with E-state index in [1.807, 2.05) is 53.6 Å². The van der Waals surface area contributed by atoms with Crippen molar-refractivity contribution in [2.45, 2.75) is 32.2 Å². The molecule has 0 saturated carbocycles. The first-order valence-corrected chi connectivity index (χ1v) is 11.2. The molecule has 0 spiro atoms. The molecule has 0 radical (unpaired) electrons. The molecule has 4 aromatic rings. The van der Waals surface area contributed by atoms with Gasteiger partial charge in [0.15, 0.2) is 11.2 Å². The summed E-state index contributed by atoms with van der Waals surface area (Å²) in [5.41, 5.74) is 2.66. The Morgan fingerprint density at radius 2 is 2.10 bits per heavy atom. The third-order valence-corrected chi connectivity index (χ3v) is 6.53. The molecule has 158 valence electrons. The lowest BCUT2D eigenvalue weighted by Crippen LogP contribution is -2.39. The van der Waals surface area contributed by atoms with E-state index in [0.717, 1.165) is 23.3 Å². The van der Waals surface area contributed by atoms with Gasteiger partial charge in [-0.1, -0.05) is 41.1 Å². The van der Waals surface area contributed by atoms with Crippen molar-refractivity contribution in [3.63, 3.8) is 0 Å². The van der Waals surface area contributed by atoms with Crippen LogP contribution in [0, 0.1) is 6.92 Å². The van der Waals surface area contributed by atoms with Crippen LogP contribution in [-0.4, -0.2) is 48.9 Å². The number of H-pyrrole nitrogens is 1. The van der Waals surface area contributed by atoms with Crippen molar-refractivity contribution in [2.75, 3.05) is 13.1 Å². The van der Waals surface area contributed by atoms with Crippen LogP contribution in [0.2, 0.25) is 0 Å². The molecule has 9 heteroatoms. The van der Waals surface area contributed by atoms with Gasteiger partial charge in [-0.2, -0.15) is 0 Å². The van der Waals surface area contributed by atoms with Gasteiger partial charge < -0.3 is 9.88 Å². The number of aromatic amines is 1. The van der Waals surface area contributed by atoms with Gasteiger partial charge >= 0.3 is 0 Å². The maximum Gasteiger partial charge on any atom is 0.281 e. The Balaban J connectivity index is 1.43. The number of thiophene rings is 1. The summed E-state index contributed by atoms with van der Waals surface area (Å²) < 4.78 is 1.66. The van der Waals surface area contributed by atoms with Crippen LogP contribution in [-0.2, 0) is 6.54 Å². The van der Waals surface area contributed by atoms with E-state index < -0.39 is 0 Å². The highest BCUT2D eigenvalue weighted by atomic mass is 32.1. The van der Waals surface area contributed by atoms with Gasteiger partial charge in [0.25, 0.3) is 11.5 Å². The zero-order valence-electron chi connectivity index (χ0n) is 17.1. The first kappa shape index (κ1) is 19.6. The standard InChI is InChI=1S/C22H22N6O2S/c1-14-6-8-15(9-7-14)12-28-20-18(25-26-28)21(29)24-19(23-20)16-4-2-10-27(13-16)22(30)17-5-3-11-31-17/h3,5-9,11,16H,2,4,10,12-13H2,1H3,(H,23,24,29). The Labute approximate surface area is 182 Å². The number of aryl methyl sites for hydroxylation is 1. The van der Waals surface area contributed by atoms with Crippen LogP contribution in [0.5, 0.6) is 0 Å². The number of fused-ring (bicyclic) bond motifs is 1. The minimum atomic E-state index is -0.295. The zero-order chi connectivity index (χ0) is 21.4. The number of carbonyl (C=O) groups is 1. The summed E-state index contributed by atoms with van der Waals surface area (Å²) in [6.07, 6.45) is 1.73. The third-order valence-electron chi connectivity index (χ3n) is 5.67. The number of aromatic nitrogens is 5. The van der Waals surface area contributed by atoms with Crippen LogP contribution < -0.4 is 5.56 Å². The fraction of sp³-hybridized carbons (Fsp3) is 0.318. The van der Waals surface area contributed by atoms with Gasteiger partial charge in [-0.3, -0.25) is 9.59 Å². The van der Waals surface area contributed by atoms with Crippen molar-refractivity contribution < 1.29 is 4.79 Å². The molecule has 4 heterocycles. The average molecular weight is 435 g/mol. The summed E-state index contributed by atoms with van der Waals surface area (Å²) in [6.45, 7) is 3.77. The van der Waals surface area contributed by atoms with Crippen molar-refractivity contribution >= 4 is 28.4 Å². The van der Waals surface area contributed by atoms with Gasteiger partial charge in [0.2, 0.25) is 0 Å². The van der Waals surface area contributed by atoms with Crippen molar-refractivity contribution in [1.82, 2.24) is 29.9 Å². The van der Waals surface area contributed by atoms with Crippen molar-refractivity contribution in [2.24, 2.45) is 0 Å². The maximum atomic E-state index is 12.8. The Hall–Kier alpha value is -3.33. The van der Waals surface area contributed by atoms with E-state index in [2.05, 4.69) is 15.3 Å². The minimum absolute atomic E-state index is 0.0301. The van der Waals surface area contributed by atoms with Crippen molar-refractivity contribution in [3.05, 3.63) is 74.0 Å². The molecular formula is C22H22N6O2S. The van der Waals surface area contributed by atoms with Crippen molar-refractivity contribution in [3.8, 4) is 0 Å². The van der Waals surface area contributed by atoms with E-state index in [0.29, 0.717) is 31.1 Å². The number of likely N-dealkylation sites (tertiary alicyclic amines) is 1. The van der Waals surface area contributed by atoms with Crippen LogP contribution in [0.3, 0.4) is 0 Å². The monoisotopic (exact) mass is 434 g/mol. The van der Waals surface area contributed by atoms with E-state index in [9.17, 15) is 9.59 Å². The highest BCUT2D eigenvalue weighted by molar-refractivity contribution is 7.12. The molecule has 0 bridgehead atoms. The molecule has 3 aromatic heterocycles. The van der Waals surface area contributed by atoms with Gasteiger partial charge in [0, 0.05) is 19.0 Å². The summed E-state index contributed by atoms with van der Waals surface area (Å²) in [7, 11) is 0. The summed E-state index contributed by atoms with van der Waals surface area (Å²) in [6, 6.07) is 11.9. The molecule has 1 N–H and O–H groups in total. The van der Waals surface area contributed by atoms with Crippen LogP contribution in [0.4, 0.5) is 0 Å². The van der Waals surface area contributed by atoms with E-state index >= 15 is 0 Å². The Kier molecular flexibility index (Phi) is 5.11. The summed E-state index contributed by atoms with van der Waals surface area (Å²) in [5, 5.41) is 10.1. The largest absolute Gasteiger partial charge is 0.337 e. The van der Waals surface area contributed by atoms with E-state index in [-0.39, 0.29) is 22.9 Å². The molecule has 0 aliphatic carbocycles. The first-order valence-electron chi connectivity index (χ1n) is 10.3. The van der Waals surface area contributed by atoms with Gasteiger partial charge in [0.05, 0.1) is 11.4 Å². The van der Waals surface area contributed by atoms with Crippen LogP contribution in [0.1, 0.15) is 45.4 Å². The molecule has 8 nitrogen and oxygen atoms in total. The Bertz CT molecular complexity index is 1280. The average Bonchev–Trinajstić information content (AvgIpc) is 3.46. The number of nitrogens with zero attached hydrogens (tertiary/aromatic N) is 5. The number of hydrogen-bond acceptors (Lipinski definition) is 6. The number of hydrogen-bond donors (Lipinski definition) is 1. The molecule has 1 amide bonds. The fourth-order valence-electron chi connectivity index (χ4n) is 3.99. The summed E-state index contributed by atoms with van der Waals surface area (Å²) in [4.78, 5) is 35.6. The molecule has 1 unspecified atom stereocenters. The zero-order valence-corrected chi connectivity index (χ0v) is 17.9. The SMILES string of the molecule is Cc1ccc(Cn2nnc3c(=O)[nH]c(C4CCCN(C(=O)c5cccs5)C4)nc32)cc1. The van der Waals surface area contributed by atoms with Gasteiger partial charge in [-0.25, -0.2) is 9.67 Å². The quantitative estimate of drug-likeness (QED) is 0.533. The number of piperidine rings is 1. The third kappa shape index (κ3) is 3.88. The summed E-state index contributed by atoms with van der Waals surface area (Å²) in [5.74, 6) is 0.598. The summed E-state index contributed by atoms with van der Waals surface area (Å²) >= 11 is 1.45. The maximum absolute atomic E-state index is 12.8. The molecule has 1 atom stereocenters. The second-order valence-electron chi connectivity index (χ2n) is 7.92.